The number of amides is 1. The van der Waals surface area contributed by atoms with Crippen LogP contribution in [-0.4, -0.2) is 42.1 Å². The van der Waals surface area contributed by atoms with Crippen molar-refractivity contribution in [2.75, 3.05) is 26.0 Å². The summed E-state index contributed by atoms with van der Waals surface area (Å²) in [5.41, 5.74) is 6.02. The highest BCUT2D eigenvalue weighted by Crippen LogP contribution is 2.15. The molecule has 1 aromatic heterocycles. The van der Waals surface area contributed by atoms with Gasteiger partial charge in [0.05, 0.1) is 6.61 Å². The highest BCUT2D eigenvalue weighted by molar-refractivity contribution is 6.29. The highest BCUT2D eigenvalue weighted by atomic mass is 35.5. The first kappa shape index (κ1) is 14.7. The Morgan fingerprint density at radius 3 is 2.72 bits per heavy atom. The van der Waals surface area contributed by atoms with Gasteiger partial charge < -0.3 is 15.4 Å². The fourth-order valence-corrected chi connectivity index (χ4v) is 1.81. The lowest BCUT2D eigenvalue weighted by Crippen LogP contribution is -2.39. The first-order chi connectivity index (χ1) is 8.45. The molecule has 0 saturated heterocycles. The third-order valence-corrected chi connectivity index (χ3v) is 2.67. The zero-order valence-electron chi connectivity index (χ0n) is 10.8. The van der Waals surface area contributed by atoms with Crippen molar-refractivity contribution in [3.63, 3.8) is 0 Å². The van der Waals surface area contributed by atoms with E-state index in [4.69, 9.17) is 22.1 Å². The summed E-state index contributed by atoms with van der Waals surface area (Å²) in [7, 11) is 1.60. The van der Waals surface area contributed by atoms with E-state index in [0.717, 1.165) is 0 Å². The minimum Gasteiger partial charge on any atom is -0.384 e. The number of nitrogens with zero attached hydrogens (tertiary/aromatic N) is 2. The van der Waals surface area contributed by atoms with Crippen molar-refractivity contribution in [2.24, 2.45) is 0 Å². The molecule has 1 rings (SSSR count). The summed E-state index contributed by atoms with van der Waals surface area (Å²) in [6, 6.07) is 3.11. The van der Waals surface area contributed by atoms with Crippen LogP contribution in [0.1, 0.15) is 24.2 Å². The minimum atomic E-state index is -0.127. The van der Waals surface area contributed by atoms with Crippen LogP contribution in [0.4, 0.5) is 5.82 Å². The predicted molar refractivity (Wildman–Crippen MR) is 71.7 cm³/mol. The van der Waals surface area contributed by atoms with Crippen molar-refractivity contribution in [3.8, 4) is 0 Å². The Hall–Kier alpha value is -1.33. The molecule has 0 aromatic carbocycles. The SMILES string of the molecule is COCCN(C(=O)c1cc(N)nc(Cl)c1)C(C)C. The van der Waals surface area contributed by atoms with Gasteiger partial charge in [0.1, 0.15) is 11.0 Å². The molecular weight excluding hydrogens is 254 g/mol. The van der Waals surface area contributed by atoms with Crippen molar-refractivity contribution in [1.29, 1.82) is 0 Å². The number of nitrogen functional groups attached to an aromatic ring is 1. The zero-order valence-corrected chi connectivity index (χ0v) is 11.6. The molecule has 1 heterocycles. The maximum atomic E-state index is 12.3. The third-order valence-electron chi connectivity index (χ3n) is 2.48. The summed E-state index contributed by atoms with van der Waals surface area (Å²) in [5, 5.41) is 0.216. The monoisotopic (exact) mass is 271 g/mol. The molecule has 0 atom stereocenters. The predicted octanol–water partition coefficient (Wildman–Crippen LogP) is 1.81. The van der Waals surface area contributed by atoms with Gasteiger partial charge in [-0.1, -0.05) is 11.6 Å². The third kappa shape index (κ3) is 3.85. The van der Waals surface area contributed by atoms with Crippen molar-refractivity contribution >= 4 is 23.3 Å². The summed E-state index contributed by atoms with van der Waals surface area (Å²) in [4.78, 5) is 17.9. The average molecular weight is 272 g/mol. The molecule has 6 heteroatoms. The normalized spacial score (nSPS) is 10.7. The van der Waals surface area contributed by atoms with Crippen LogP contribution < -0.4 is 5.73 Å². The van der Waals surface area contributed by atoms with E-state index in [1.54, 1.807) is 12.0 Å². The van der Waals surface area contributed by atoms with Crippen LogP contribution in [0, 0.1) is 0 Å². The molecule has 0 unspecified atom stereocenters. The van der Waals surface area contributed by atoms with E-state index in [2.05, 4.69) is 4.98 Å². The Morgan fingerprint density at radius 2 is 2.22 bits per heavy atom. The van der Waals surface area contributed by atoms with Crippen molar-refractivity contribution in [3.05, 3.63) is 22.8 Å². The van der Waals surface area contributed by atoms with Crippen LogP contribution in [0.15, 0.2) is 12.1 Å². The highest BCUT2D eigenvalue weighted by Gasteiger charge is 2.19. The minimum absolute atomic E-state index is 0.0702. The number of pyridine rings is 1. The van der Waals surface area contributed by atoms with E-state index in [-0.39, 0.29) is 22.9 Å². The van der Waals surface area contributed by atoms with Gasteiger partial charge in [-0.05, 0) is 26.0 Å². The van der Waals surface area contributed by atoms with Crippen molar-refractivity contribution in [1.82, 2.24) is 9.88 Å². The van der Waals surface area contributed by atoms with Crippen molar-refractivity contribution < 1.29 is 9.53 Å². The number of rotatable bonds is 5. The van der Waals surface area contributed by atoms with Gasteiger partial charge in [-0.25, -0.2) is 4.98 Å². The molecule has 0 fully saturated rings. The van der Waals surface area contributed by atoms with Gasteiger partial charge in [0.25, 0.3) is 5.91 Å². The molecule has 0 spiro atoms. The van der Waals surface area contributed by atoms with Crippen LogP contribution in [0.5, 0.6) is 0 Å². The molecule has 0 saturated carbocycles. The molecule has 1 amide bonds. The summed E-state index contributed by atoms with van der Waals surface area (Å²) in [6.45, 7) is 4.89. The van der Waals surface area contributed by atoms with Crippen LogP contribution in [0.25, 0.3) is 0 Å². The number of carbonyl (C=O) groups is 1. The molecule has 100 valence electrons. The number of hydrogen-bond acceptors (Lipinski definition) is 4. The van der Waals surface area contributed by atoms with Gasteiger partial charge in [-0.15, -0.1) is 0 Å². The Bertz CT molecular complexity index is 404. The summed E-state index contributed by atoms with van der Waals surface area (Å²) in [6.07, 6.45) is 0. The number of aromatic nitrogens is 1. The fourth-order valence-electron chi connectivity index (χ4n) is 1.59. The van der Waals surface area contributed by atoms with Crippen LogP contribution in [0.3, 0.4) is 0 Å². The molecule has 18 heavy (non-hydrogen) atoms. The molecule has 0 aliphatic rings. The lowest BCUT2D eigenvalue weighted by atomic mass is 10.2. The second-order valence-electron chi connectivity index (χ2n) is 4.19. The van der Waals surface area contributed by atoms with Gasteiger partial charge in [0.2, 0.25) is 0 Å². The first-order valence-corrected chi connectivity index (χ1v) is 6.06. The van der Waals surface area contributed by atoms with Gasteiger partial charge in [-0.3, -0.25) is 4.79 Å². The van der Waals surface area contributed by atoms with E-state index < -0.39 is 0 Å². The Morgan fingerprint density at radius 1 is 1.56 bits per heavy atom. The molecule has 0 aliphatic heterocycles. The average Bonchev–Trinajstić information content (AvgIpc) is 2.27. The molecule has 1 aromatic rings. The number of halogens is 1. The topological polar surface area (TPSA) is 68.5 Å². The molecule has 0 aliphatic carbocycles. The number of nitrogens with two attached hydrogens (primary N) is 1. The number of anilines is 1. The van der Waals surface area contributed by atoms with Crippen LogP contribution in [-0.2, 0) is 4.74 Å². The molecular formula is C12H18ClN3O2. The Labute approximate surface area is 112 Å². The maximum Gasteiger partial charge on any atom is 0.254 e. The van der Waals surface area contributed by atoms with Crippen LogP contribution >= 0.6 is 11.6 Å². The first-order valence-electron chi connectivity index (χ1n) is 5.68. The number of methoxy groups -OCH3 is 1. The van der Waals surface area contributed by atoms with E-state index >= 15 is 0 Å². The number of carbonyl (C=O) groups excluding carboxylic acids is 1. The fraction of sp³-hybridized carbons (Fsp3) is 0.500. The van der Waals surface area contributed by atoms with Crippen LogP contribution in [0.2, 0.25) is 5.15 Å². The molecule has 0 bridgehead atoms. The number of ether oxygens (including phenoxy) is 1. The van der Waals surface area contributed by atoms with Gasteiger partial charge in [0.15, 0.2) is 0 Å². The summed E-state index contributed by atoms with van der Waals surface area (Å²) >= 11 is 5.80. The Kier molecular flexibility index (Phi) is 5.37. The maximum absolute atomic E-state index is 12.3. The van der Waals surface area contributed by atoms with Crippen molar-refractivity contribution in [2.45, 2.75) is 19.9 Å². The largest absolute Gasteiger partial charge is 0.384 e. The van der Waals surface area contributed by atoms with E-state index in [0.29, 0.717) is 18.7 Å². The summed E-state index contributed by atoms with van der Waals surface area (Å²) < 4.78 is 5.00. The number of hydrogen-bond donors (Lipinski definition) is 1. The van der Waals surface area contributed by atoms with Gasteiger partial charge in [-0.2, -0.15) is 0 Å². The van der Waals surface area contributed by atoms with Gasteiger partial charge in [0, 0.05) is 25.3 Å². The molecule has 2 N–H and O–H groups in total. The van der Waals surface area contributed by atoms with E-state index in [1.807, 2.05) is 13.8 Å². The Balaban J connectivity index is 2.94. The smallest absolute Gasteiger partial charge is 0.254 e. The van der Waals surface area contributed by atoms with Gasteiger partial charge >= 0.3 is 0 Å². The standard InChI is InChI=1S/C12H18ClN3O2/c1-8(2)16(4-5-18-3)12(17)9-6-10(13)15-11(14)7-9/h6-8H,4-5H2,1-3H3,(H2,14,15). The molecule has 5 nitrogen and oxygen atoms in total. The quantitative estimate of drug-likeness (QED) is 0.830. The summed E-state index contributed by atoms with van der Waals surface area (Å²) in [5.74, 6) is 0.111. The van der Waals surface area contributed by atoms with E-state index in [1.165, 1.54) is 12.1 Å². The van der Waals surface area contributed by atoms with E-state index in [9.17, 15) is 4.79 Å². The second-order valence-corrected chi connectivity index (χ2v) is 4.58. The zero-order chi connectivity index (χ0) is 13.7. The lowest BCUT2D eigenvalue weighted by Gasteiger charge is -2.26. The molecule has 0 radical (unpaired) electrons. The second kappa shape index (κ2) is 6.56. The lowest BCUT2D eigenvalue weighted by molar-refractivity contribution is 0.0635.